The predicted octanol–water partition coefficient (Wildman–Crippen LogP) is 4.20. The Morgan fingerprint density at radius 3 is 2.42 bits per heavy atom. The van der Waals surface area contributed by atoms with Gasteiger partial charge in [0.05, 0.1) is 6.04 Å². The van der Waals surface area contributed by atoms with Crippen molar-refractivity contribution in [2.24, 2.45) is 5.92 Å². The van der Waals surface area contributed by atoms with Crippen LogP contribution < -0.4 is 0 Å². The number of carbonyl (C=O) groups excluding carboxylic acids is 1. The fraction of sp³-hybridized carbons (Fsp3) is 0.562. The number of hydrogen-bond donors (Lipinski definition) is 0. The molecule has 0 aromatic heterocycles. The Bertz CT molecular complexity index is 438. The smallest absolute Gasteiger partial charge is 0.223 e. The Kier molecular flexibility index (Phi) is 4.54. The van der Waals surface area contributed by atoms with Crippen LogP contribution >= 0.6 is 22.6 Å². The third-order valence-electron chi connectivity index (χ3n) is 3.73. The van der Waals surface area contributed by atoms with Crippen LogP contribution in [0.4, 0.5) is 0 Å². The summed E-state index contributed by atoms with van der Waals surface area (Å²) in [6.45, 7) is 6.39. The average Bonchev–Trinajstić information content (AvgIpc) is 2.37. The molecule has 0 saturated carbocycles. The minimum absolute atomic E-state index is 0.117. The van der Waals surface area contributed by atoms with Crippen molar-refractivity contribution in [3.63, 3.8) is 0 Å². The third-order valence-corrected chi connectivity index (χ3v) is 4.97. The molecule has 3 heteroatoms. The minimum atomic E-state index is -0.117. The highest BCUT2D eigenvalue weighted by Gasteiger charge is 2.39. The number of carbonyl (C=O) groups is 1. The highest BCUT2D eigenvalue weighted by Crippen LogP contribution is 2.39. The normalized spacial score (nSPS) is 24.6. The van der Waals surface area contributed by atoms with Gasteiger partial charge in [-0.25, -0.2) is 0 Å². The van der Waals surface area contributed by atoms with Crippen molar-refractivity contribution in [3.8, 4) is 0 Å². The fourth-order valence-corrected chi connectivity index (χ4v) is 3.61. The molecule has 0 bridgehead atoms. The lowest BCUT2D eigenvalue weighted by Gasteiger charge is -2.47. The van der Waals surface area contributed by atoms with Gasteiger partial charge in [0.25, 0.3) is 0 Å². The van der Waals surface area contributed by atoms with Crippen molar-refractivity contribution in [2.45, 2.75) is 45.2 Å². The molecule has 2 nitrogen and oxygen atoms in total. The zero-order valence-corrected chi connectivity index (χ0v) is 14.1. The zero-order valence-electron chi connectivity index (χ0n) is 11.9. The Labute approximate surface area is 129 Å². The van der Waals surface area contributed by atoms with Crippen LogP contribution in [0.1, 0.15) is 45.2 Å². The summed E-state index contributed by atoms with van der Waals surface area (Å²) in [4.78, 5) is 14.6. The third kappa shape index (κ3) is 3.30. The average molecular weight is 371 g/mol. The summed E-state index contributed by atoms with van der Waals surface area (Å²) in [5, 5.41) is 0. The molecule has 19 heavy (non-hydrogen) atoms. The molecule has 0 radical (unpaired) electrons. The number of benzene rings is 1. The standard InChI is InChI=1S/C16H22INO/c1-16(2,3)18-14(13-7-5-4-6-8-13)9-12(11-17)10-15(18)19/h4-8,12,14H,9-11H2,1-3H3/t12-,14+/m1/s1. The molecule has 2 atom stereocenters. The lowest BCUT2D eigenvalue weighted by Crippen LogP contribution is -2.51. The van der Waals surface area contributed by atoms with Gasteiger partial charge in [-0.2, -0.15) is 0 Å². The van der Waals surface area contributed by atoms with E-state index in [0.29, 0.717) is 18.2 Å². The maximum absolute atomic E-state index is 12.5. The summed E-state index contributed by atoms with van der Waals surface area (Å²) in [7, 11) is 0. The Morgan fingerprint density at radius 1 is 1.26 bits per heavy atom. The van der Waals surface area contributed by atoms with Gasteiger partial charge in [0, 0.05) is 16.4 Å². The first-order valence-electron chi connectivity index (χ1n) is 6.86. The Hall–Kier alpha value is -0.580. The number of alkyl halides is 1. The first-order valence-corrected chi connectivity index (χ1v) is 8.39. The summed E-state index contributed by atoms with van der Waals surface area (Å²) in [6.07, 6.45) is 1.78. The number of halogens is 1. The lowest BCUT2D eigenvalue weighted by atomic mass is 9.84. The summed E-state index contributed by atoms with van der Waals surface area (Å²) in [6, 6.07) is 10.7. The molecule has 1 heterocycles. The first-order chi connectivity index (χ1) is 8.93. The van der Waals surface area contributed by atoms with Crippen LogP contribution in [-0.4, -0.2) is 20.8 Å². The van der Waals surface area contributed by atoms with Gasteiger partial charge >= 0.3 is 0 Å². The quantitative estimate of drug-likeness (QED) is 0.564. The number of amides is 1. The molecule has 1 saturated heterocycles. The number of piperidine rings is 1. The highest BCUT2D eigenvalue weighted by atomic mass is 127. The van der Waals surface area contributed by atoms with Crippen LogP contribution in [-0.2, 0) is 4.79 Å². The molecule has 0 spiro atoms. The van der Waals surface area contributed by atoms with E-state index in [0.717, 1.165) is 10.8 Å². The molecule has 104 valence electrons. The van der Waals surface area contributed by atoms with Crippen LogP contribution in [0.25, 0.3) is 0 Å². The Balaban J connectivity index is 2.36. The van der Waals surface area contributed by atoms with Crippen molar-refractivity contribution >= 4 is 28.5 Å². The molecule has 0 aliphatic carbocycles. The van der Waals surface area contributed by atoms with E-state index in [4.69, 9.17) is 0 Å². The summed E-state index contributed by atoms with van der Waals surface area (Å²) < 4.78 is 1.06. The van der Waals surface area contributed by atoms with Crippen molar-refractivity contribution in [2.75, 3.05) is 4.43 Å². The predicted molar refractivity (Wildman–Crippen MR) is 87.4 cm³/mol. The summed E-state index contributed by atoms with van der Waals surface area (Å²) in [5.41, 5.74) is 1.15. The molecule has 1 aliphatic rings. The lowest BCUT2D eigenvalue weighted by molar-refractivity contribution is -0.145. The van der Waals surface area contributed by atoms with Crippen molar-refractivity contribution in [1.82, 2.24) is 4.90 Å². The van der Waals surface area contributed by atoms with E-state index in [1.807, 2.05) is 6.07 Å². The van der Waals surface area contributed by atoms with Crippen LogP contribution in [0.15, 0.2) is 30.3 Å². The summed E-state index contributed by atoms with van der Waals surface area (Å²) in [5.74, 6) is 0.811. The fourth-order valence-electron chi connectivity index (χ4n) is 2.94. The minimum Gasteiger partial charge on any atom is -0.331 e. The molecule has 1 aliphatic heterocycles. The number of likely N-dealkylation sites (tertiary alicyclic amines) is 1. The zero-order chi connectivity index (χ0) is 14.0. The van der Waals surface area contributed by atoms with E-state index >= 15 is 0 Å². The number of rotatable bonds is 2. The van der Waals surface area contributed by atoms with Gasteiger partial charge in [-0.3, -0.25) is 4.79 Å². The van der Waals surface area contributed by atoms with Gasteiger partial charge in [0.2, 0.25) is 5.91 Å². The van der Waals surface area contributed by atoms with E-state index in [2.05, 4.69) is 72.5 Å². The Morgan fingerprint density at radius 2 is 1.89 bits per heavy atom. The maximum Gasteiger partial charge on any atom is 0.223 e. The molecule has 1 aromatic carbocycles. The topological polar surface area (TPSA) is 20.3 Å². The van der Waals surface area contributed by atoms with Crippen LogP contribution in [0.2, 0.25) is 0 Å². The molecule has 2 rings (SSSR count). The van der Waals surface area contributed by atoms with E-state index in [1.165, 1.54) is 5.56 Å². The molecular formula is C16H22INO. The van der Waals surface area contributed by atoms with Gasteiger partial charge in [0.15, 0.2) is 0 Å². The van der Waals surface area contributed by atoms with Gasteiger partial charge in [-0.1, -0.05) is 52.9 Å². The second kappa shape index (κ2) is 5.81. The van der Waals surface area contributed by atoms with Gasteiger partial charge in [0.1, 0.15) is 0 Å². The van der Waals surface area contributed by atoms with Gasteiger partial charge in [-0.15, -0.1) is 0 Å². The molecule has 0 N–H and O–H groups in total. The molecule has 0 unspecified atom stereocenters. The van der Waals surface area contributed by atoms with Crippen LogP contribution in [0.3, 0.4) is 0 Å². The monoisotopic (exact) mass is 371 g/mol. The van der Waals surface area contributed by atoms with E-state index in [1.54, 1.807) is 0 Å². The van der Waals surface area contributed by atoms with Crippen LogP contribution in [0, 0.1) is 5.92 Å². The highest BCUT2D eigenvalue weighted by molar-refractivity contribution is 14.1. The molecule has 1 aromatic rings. The van der Waals surface area contributed by atoms with Crippen molar-refractivity contribution < 1.29 is 4.79 Å². The van der Waals surface area contributed by atoms with E-state index < -0.39 is 0 Å². The summed E-state index contributed by atoms with van der Waals surface area (Å²) >= 11 is 2.40. The molecule has 1 fully saturated rings. The van der Waals surface area contributed by atoms with E-state index in [-0.39, 0.29) is 11.6 Å². The van der Waals surface area contributed by atoms with Gasteiger partial charge < -0.3 is 4.90 Å². The molecule has 1 amide bonds. The number of hydrogen-bond acceptors (Lipinski definition) is 1. The van der Waals surface area contributed by atoms with Crippen molar-refractivity contribution in [3.05, 3.63) is 35.9 Å². The first kappa shape index (κ1) is 14.8. The van der Waals surface area contributed by atoms with Crippen LogP contribution in [0.5, 0.6) is 0 Å². The van der Waals surface area contributed by atoms with Gasteiger partial charge in [-0.05, 0) is 38.7 Å². The molecular weight excluding hydrogens is 349 g/mol. The second-order valence-corrected chi connectivity index (χ2v) is 7.20. The SMILES string of the molecule is CC(C)(C)N1C(=O)C[C@H](CI)C[C@H]1c1ccccc1. The second-order valence-electron chi connectivity index (χ2n) is 6.32. The van der Waals surface area contributed by atoms with Crippen molar-refractivity contribution in [1.29, 1.82) is 0 Å². The number of nitrogens with zero attached hydrogens (tertiary/aromatic N) is 1. The van der Waals surface area contributed by atoms with E-state index in [9.17, 15) is 4.79 Å². The maximum atomic E-state index is 12.5. The largest absolute Gasteiger partial charge is 0.331 e.